The molecule has 0 aliphatic rings. The molecule has 0 aliphatic carbocycles. The van der Waals surface area contributed by atoms with Crippen molar-refractivity contribution in [2.75, 3.05) is 0 Å². The number of esters is 1. The Morgan fingerprint density at radius 3 is 2.67 bits per heavy atom. The average Bonchev–Trinajstić information content (AvgIpc) is 2.45. The lowest BCUT2D eigenvalue weighted by molar-refractivity contribution is -0.148. The van der Waals surface area contributed by atoms with E-state index in [-0.39, 0.29) is 5.97 Å². The van der Waals surface area contributed by atoms with E-state index in [1.165, 1.54) is 6.08 Å². The number of ether oxygens (including phenoxy) is 1. The first-order chi connectivity index (χ1) is 6.87. The van der Waals surface area contributed by atoms with Crippen LogP contribution in [0.15, 0.2) is 18.6 Å². The number of aromatic nitrogens is 2. The van der Waals surface area contributed by atoms with Crippen molar-refractivity contribution in [2.45, 2.75) is 26.4 Å². The van der Waals surface area contributed by atoms with Crippen LogP contribution >= 0.6 is 0 Å². The summed E-state index contributed by atoms with van der Waals surface area (Å²) >= 11 is 0. The van der Waals surface area contributed by atoms with Crippen LogP contribution in [0.3, 0.4) is 0 Å². The van der Waals surface area contributed by atoms with E-state index < -0.39 is 5.60 Å². The molecule has 0 unspecified atom stereocenters. The summed E-state index contributed by atoms with van der Waals surface area (Å²) in [6.45, 7) is 5.50. The average molecular weight is 208 g/mol. The number of hydrogen-bond donors (Lipinski definition) is 0. The Morgan fingerprint density at radius 2 is 2.20 bits per heavy atom. The van der Waals surface area contributed by atoms with Crippen LogP contribution < -0.4 is 0 Å². The summed E-state index contributed by atoms with van der Waals surface area (Å²) in [6.07, 6.45) is 6.51. The first-order valence-electron chi connectivity index (χ1n) is 4.76. The predicted molar refractivity (Wildman–Crippen MR) is 58.1 cm³/mol. The SMILES string of the molecule is Cn1cnc(/C=C/C(=O)OC(C)(C)C)c1. The Balaban J connectivity index is 2.55. The Hall–Kier alpha value is -1.58. The second kappa shape index (κ2) is 4.29. The van der Waals surface area contributed by atoms with Gasteiger partial charge in [0.1, 0.15) is 5.60 Å². The molecule has 1 heterocycles. The van der Waals surface area contributed by atoms with Crippen LogP contribution in [-0.2, 0) is 16.6 Å². The van der Waals surface area contributed by atoms with Gasteiger partial charge in [0.2, 0.25) is 0 Å². The fourth-order valence-corrected chi connectivity index (χ4v) is 1.01. The molecule has 0 aromatic carbocycles. The maximum absolute atomic E-state index is 11.3. The van der Waals surface area contributed by atoms with Crippen molar-refractivity contribution >= 4 is 12.0 Å². The topological polar surface area (TPSA) is 44.1 Å². The van der Waals surface area contributed by atoms with Crippen molar-refractivity contribution < 1.29 is 9.53 Å². The molecule has 4 heteroatoms. The van der Waals surface area contributed by atoms with Gasteiger partial charge in [0.05, 0.1) is 12.0 Å². The number of hydrogen-bond acceptors (Lipinski definition) is 3. The van der Waals surface area contributed by atoms with Gasteiger partial charge in [-0.05, 0) is 26.8 Å². The van der Waals surface area contributed by atoms with Gasteiger partial charge in [0, 0.05) is 19.3 Å². The van der Waals surface area contributed by atoms with Crippen LogP contribution in [0.1, 0.15) is 26.5 Å². The maximum atomic E-state index is 11.3. The van der Waals surface area contributed by atoms with E-state index in [4.69, 9.17) is 4.74 Å². The summed E-state index contributed by atoms with van der Waals surface area (Å²) in [7, 11) is 1.87. The van der Waals surface area contributed by atoms with Gasteiger partial charge in [-0.3, -0.25) is 0 Å². The zero-order valence-corrected chi connectivity index (χ0v) is 9.52. The fraction of sp³-hybridized carbons (Fsp3) is 0.455. The van der Waals surface area contributed by atoms with Crippen molar-refractivity contribution in [3.05, 3.63) is 24.3 Å². The lowest BCUT2D eigenvalue weighted by atomic mass is 10.2. The Morgan fingerprint density at radius 1 is 1.53 bits per heavy atom. The number of rotatable bonds is 2. The third kappa shape index (κ3) is 4.44. The number of aryl methyl sites for hydroxylation is 1. The second-order valence-electron chi connectivity index (χ2n) is 4.33. The molecule has 1 rings (SSSR count). The van der Waals surface area contributed by atoms with Gasteiger partial charge < -0.3 is 9.30 Å². The molecule has 1 aromatic heterocycles. The van der Waals surface area contributed by atoms with E-state index in [1.807, 2.05) is 38.6 Å². The van der Waals surface area contributed by atoms with E-state index in [2.05, 4.69) is 4.98 Å². The molecular formula is C11H16N2O2. The molecule has 0 aliphatic heterocycles. The fourth-order valence-electron chi connectivity index (χ4n) is 1.01. The smallest absolute Gasteiger partial charge is 0.331 e. The third-order valence-corrected chi connectivity index (χ3v) is 1.52. The van der Waals surface area contributed by atoms with Gasteiger partial charge in [-0.15, -0.1) is 0 Å². The Kier molecular flexibility index (Phi) is 3.29. The van der Waals surface area contributed by atoms with E-state index in [9.17, 15) is 4.79 Å². The van der Waals surface area contributed by atoms with E-state index in [0.717, 1.165) is 5.69 Å². The summed E-state index contributed by atoms with van der Waals surface area (Å²) in [6, 6.07) is 0. The highest BCUT2D eigenvalue weighted by atomic mass is 16.6. The maximum Gasteiger partial charge on any atom is 0.331 e. The quantitative estimate of drug-likeness (QED) is 0.549. The zero-order valence-electron chi connectivity index (χ0n) is 9.52. The highest BCUT2D eigenvalue weighted by molar-refractivity contribution is 5.86. The summed E-state index contributed by atoms with van der Waals surface area (Å²) in [5, 5.41) is 0. The van der Waals surface area contributed by atoms with Crippen molar-refractivity contribution in [2.24, 2.45) is 7.05 Å². The van der Waals surface area contributed by atoms with Crippen LogP contribution in [0.2, 0.25) is 0 Å². The van der Waals surface area contributed by atoms with E-state index >= 15 is 0 Å². The minimum absolute atomic E-state index is 0.354. The molecule has 0 saturated heterocycles. The Bertz CT molecular complexity index is 372. The van der Waals surface area contributed by atoms with Gasteiger partial charge in [-0.25, -0.2) is 9.78 Å². The summed E-state index contributed by atoms with van der Waals surface area (Å²) in [5.74, 6) is -0.354. The van der Waals surface area contributed by atoms with Gasteiger partial charge >= 0.3 is 5.97 Å². The number of carbonyl (C=O) groups excluding carboxylic acids is 1. The standard InChI is InChI=1S/C11H16N2O2/c1-11(2,3)15-10(14)6-5-9-7-13(4)8-12-9/h5-8H,1-4H3/b6-5+. The van der Waals surface area contributed by atoms with Gasteiger partial charge in [0.25, 0.3) is 0 Å². The minimum Gasteiger partial charge on any atom is -0.457 e. The molecule has 82 valence electrons. The lowest BCUT2D eigenvalue weighted by Gasteiger charge is -2.17. The minimum atomic E-state index is -0.453. The summed E-state index contributed by atoms with van der Waals surface area (Å²) in [4.78, 5) is 15.3. The third-order valence-electron chi connectivity index (χ3n) is 1.52. The molecular weight excluding hydrogens is 192 g/mol. The summed E-state index contributed by atoms with van der Waals surface area (Å²) < 4.78 is 6.92. The van der Waals surface area contributed by atoms with Crippen LogP contribution in [-0.4, -0.2) is 21.1 Å². The van der Waals surface area contributed by atoms with Crippen molar-refractivity contribution in [3.8, 4) is 0 Å². The molecule has 0 amide bonds. The molecule has 0 saturated carbocycles. The van der Waals surface area contributed by atoms with Gasteiger partial charge in [-0.2, -0.15) is 0 Å². The molecule has 1 aromatic rings. The second-order valence-corrected chi connectivity index (χ2v) is 4.33. The molecule has 0 N–H and O–H groups in total. The van der Waals surface area contributed by atoms with Gasteiger partial charge in [0.15, 0.2) is 0 Å². The first kappa shape index (κ1) is 11.5. The molecule has 0 atom stereocenters. The molecule has 0 fully saturated rings. The van der Waals surface area contributed by atoms with Gasteiger partial charge in [-0.1, -0.05) is 0 Å². The lowest BCUT2D eigenvalue weighted by Crippen LogP contribution is -2.22. The Labute approximate surface area is 89.6 Å². The largest absolute Gasteiger partial charge is 0.457 e. The highest BCUT2D eigenvalue weighted by Gasteiger charge is 2.13. The highest BCUT2D eigenvalue weighted by Crippen LogP contribution is 2.07. The molecule has 0 spiro atoms. The normalized spacial score (nSPS) is 12.0. The number of imidazole rings is 1. The van der Waals surface area contributed by atoms with Crippen molar-refractivity contribution in [1.82, 2.24) is 9.55 Å². The molecule has 0 radical (unpaired) electrons. The van der Waals surface area contributed by atoms with Crippen molar-refractivity contribution in [1.29, 1.82) is 0 Å². The first-order valence-corrected chi connectivity index (χ1v) is 4.76. The van der Waals surface area contributed by atoms with Crippen LogP contribution in [0.25, 0.3) is 6.08 Å². The van der Waals surface area contributed by atoms with Crippen LogP contribution in [0.4, 0.5) is 0 Å². The number of nitrogens with zero attached hydrogens (tertiary/aromatic N) is 2. The number of carbonyl (C=O) groups is 1. The van der Waals surface area contributed by atoms with E-state index in [1.54, 1.807) is 12.4 Å². The molecule has 15 heavy (non-hydrogen) atoms. The van der Waals surface area contributed by atoms with Crippen LogP contribution in [0.5, 0.6) is 0 Å². The van der Waals surface area contributed by atoms with E-state index in [0.29, 0.717) is 0 Å². The summed E-state index contributed by atoms with van der Waals surface area (Å²) in [5.41, 5.74) is 0.286. The monoisotopic (exact) mass is 208 g/mol. The molecule has 4 nitrogen and oxygen atoms in total. The zero-order chi connectivity index (χ0) is 11.5. The van der Waals surface area contributed by atoms with Crippen molar-refractivity contribution in [3.63, 3.8) is 0 Å². The predicted octanol–water partition coefficient (Wildman–Crippen LogP) is 1.77. The molecule has 0 bridgehead atoms. The van der Waals surface area contributed by atoms with Crippen LogP contribution in [0, 0.1) is 0 Å².